The molecule has 0 aliphatic heterocycles. The summed E-state index contributed by atoms with van der Waals surface area (Å²) in [7, 11) is 4.69. The van der Waals surface area contributed by atoms with Gasteiger partial charge < -0.3 is 19.5 Å². The molecular formula is C23H26N2O4. The fourth-order valence-electron chi connectivity index (χ4n) is 3.33. The number of ether oxygens (including phenoxy) is 3. The number of pyridine rings is 1. The topological polar surface area (TPSA) is 69.7 Å². The number of amides is 1. The van der Waals surface area contributed by atoms with Crippen LogP contribution in [-0.2, 0) is 0 Å². The quantitative estimate of drug-likeness (QED) is 0.672. The Morgan fingerprint density at radius 1 is 0.966 bits per heavy atom. The molecule has 0 saturated heterocycles. The SMILES string of the molecule is COc1cc(C(C)NC(=O)c2cc3cc(C)ccc3nc2C)cc(OC)c1OC. The Balaban J connectivity index is 1.91. The molecule has 0 radical (unpaired) electrons. The molecule has 1 aromatic heterocycles. The molecular weight excluding hydrogens is 368 g/mol. The predicted octanol–water partition coefficient (Wildman–Crippen LogP) is 4.37. The zero-order valence-electron chi connectivity index (χ0n) is 17.6. The van der Waals surface area contributed by atoms with Crippen molar-refractivity contribution in [3.8, 4) is 17.2 Å². The van der Waals surface area contributed by atoms with Crippen molar-refractivity contribution in [1.29, 1.82) is 0 Å². The van der Waals surface area contributed by atoms with Gasteiger partial charge in [0.05, 0.1) is 44.1 Å². The van der Waals surface area contributed by atoms with E-state index in [1.807, 2.05) is 57.2 Å². The third-order valence-corrected chi connectivity index (χ3v) is 4.94. The summed E-state index contributed by atoms with van der Waals surface area (Å²) in [5.41, 5.74) is 4.09. The molecule has 0 saturated carbocycles. The van der Waals surface area contributed by atoms with Crippen molar-refractivity contribution in [2.45, 2.75) is 26.8 Å². The number of fused-ring (bicyclic) bond motifs is 1. The minimum atomic E-state index is -0.274. The van der Waals surface area contributed by atoms with Crippen LogP contribution in [0.3, 0.4) is 0 Å². The second kappa shape index (κ2) is 8.39. The largest absolute Gasteiger partial charge is 0.493 e. The molecule has 152 valence electrons. The number of hydrogen-bond acceptors (Lipinski definition) is 5. The first-order chi connectivity index (χ1) is 13.9. The van der Waals surface area contributed by atoms with E-state index in [-0.39, 0.29) is 11.9 Å². The van der Waals surface area contributed by atoms with Crippen LogP contribution in [0.15, 0.2) is 36.4 Å². The van der Waals surface area contributed by atoms with Crippen LogP contribution in [0.25, 0.3) is 10.9 Å². The number of benzene rings is 2. The van der Waals surface area contributed by atoms with Crippen molar-refractivity contribution in [3.05, 3.63) is 58.8 Å². The predicted molar refractivity (Wildman–Crippen MR) is 113 cm³/mol. The summed E-state index contributed by atoms with van der Waals surface area (Å²) in [5, 5.41) is 3.99. The van der Waals surface area contributed by atoms with Crippen LogP contribution in [-0.4, -0.2) is 32.2 Å². The average molecular weight is 394 g/mol. The Morgan fingerprint density at radius 2 is 1.62 bits per heavy atom. The van der Waals surface area contributed by atoms with E-state index in [9.17, 15) is 4.79 Å². The van der Waals surface area contributed by atoms with Gasteiger partial charge in [0, 0.05) is 5.39 Å². The summed E-state index contributed by atoms with van der Waals surface area (Å²) in [4.78, 5) is 17.5. The van der Waals surface area contributed by atoms with Crippen LogP contribution in [0.1, 0.15) is 40.1 Å². The van der Waals surface area contributed by atoms with Gasteiger partial charge in [-0.2, -0.15) is 0 Å². The average Bonchev–Trinajstić information content (AvgIpc) is 2.72. The third kappa shape index (κ3) is 4.11. The summed E-state index contributed by atoms with van der Waals surface area (Å²) in [6.07, 6.45) is 0. The van der Waals surface area contributed by atoms with E-state index in [0.717, 1.165) is 22.0 Å². The highest BCUT2D eigenvalue weighted by atomic mass is 16.5. The first-order valence-corrected chi connectivity index (χ1v) is 9.36. The molecule has 1 atom stereocenters. The maximum Gasteiger partial charge on any atom is 0.253 e. The molecule has 1 amide bonds. The van der Waals surface area contributed by atoms with Gasteiger partial charge in [-0.3, -0.25) is 9.78 Å². The molecule has 3 aromatic rings. The minimum Gasteiger partial charge on any atom is -0.493 e. The first-order valence-electron chi connectivity index (χ1n) is 9.36. The maximum absolute atomic E-state index is 13.0. The third-order valence-electron chi connectivity index (χ3n) is 4.94. The zero-order chi connectivity index (χ0) is 21.1. The summed E-state index contributed by atoms with van der Waals surface area (Å²) in [6.45, 7) is 5.77. The summed E-state index contributed by atoms with van der Waals surface area (Å²) >= 11 is 0. The smallest absolute Gasteiger partial charge is 0.253 e. The number of nitrogens with zero attached hydrogens (tertiary/aromatic N) is 1. The van der Waals surface area contributed by atoms with Gasteiger partial charge in [-0.1, -0.05) is 11.6 Å². The number of rotatable bonds is 6. The highest BCUT2D eigenvalue weighted by molar-refractivity contribution is 5.98. The Morgan fingerprint density at radius 3 is 2.21 bits per heavy atom. The Kier molecular flexibility index (Phi) is 5.92. The van der Waals surface area contributed by atoms with Crippen LogP contribution in [0.5, 0.6) is 17.2 Å². The van der Waals surface area contributed by atoms with Crippen LogP contribution >= 0.6 is 0 Å². The van der Waals surface area contributed by atoms with Crippen LogP contribution in [0.4, 0.5) is 0 Å². The van der Waals surface area contributed by atoms with Gasteiger partial charge in [-0.05, 0) is 56.7 Å². The normalized spacial score (nSPS) is 11.8. The zero-order valence-corrected chi connectivity index (χ0v) is 17.6. The van der Waals surface area contributed by atoms with Crippen molar-refractivity contribution in [1.82, 2.24) is 10.3 Å². The number of carbonyl (C=O) groups is 1. The fraction of sp³-hybridized carbons (Fsp3) is 0.304. The van der Waals surface area contributed by atoms with Crippen molar-refractivity contribution in [3.63, 3.8) is 0 Å². The number of aryl methyl sites for hydroxylation is 2. The van der Waals surface area contributed by atoms with Gasteiger partial charge in [0.1, 0.15) is 0 Å². The molecule has 29 heavy (non-hydrogen) atoms. The molecule has 0 fully saturated rings. The first kappa shape index (κ1) is 20.5. The minimum absolute atomic E-state index is 0.181. The molecule has 2 aromatic carbocycles. The molecule has 0 aliphatic rings. The lowest BCUT2D eigenvalue weighted by molar-refractivity contribution is 0.0939. The van der Waals surface area contributed by atoms with E-state index in [0.29, 0.717) is 28.5 Å². The van der Waals surface area contributed by atoms with Crippen LogP contribution < -0.4 is 19.5 Å². The highest BCUT2D eigenvalue weighted by Crippen LogP contribution is 2.39. The second-order valence-corrected chi connectivity index (χ2v) is 6.97. The monoisotopic (exact) mass is 394 g/mol. The lowest BCUT2D eigenvalue weighted by Gasteiger charge is -2.19. The maximum atomic E-state index is 13.0. The van der Waals surface area contributed by atoms with E-state index in [1.165, 1.54) is 0 Å². The van der Waals surface area contributed by atoms with Gasteiger partial charge in [0.15, 0.2) is 11.5 Å². The number of hydrogen-bond donors (Lipinski definition) is 1. The summed E-state index contributed by atoms with van der Waals surface area (Å²) < 4.78 is 16.2. The summed E-state index contributed by atoms with van der Waals surface area (Å²) in [6, 6.07) is 11.3. The number of carbonyl (C=O) groups excluding carboxylic acids is 1. The van der Waals surface area contributed by atoms with Gasteiger partial charge >= 0.3 is 0 Å². The van der Waals surface area contributed by atoms with E-state index < -0.39 is 0 Å². The van der Waals surface area contributed by atoms with E-state index in [2.05, 4.69) is 10.3 Å². The van der Waals surface area contributed by atoms with Crippen molar-refractivity contribution in [2.24, 2.45) is 0 Å². The molecule has 0 bridgehead atoms. The number of methoxy groups -OCH3 is 3. The van der Waals surface area contributed by atoms with Gasteiger partial charge in [0.25, 0.3) is 5.91 Å². The highest BCUT2D eigenvalue weighted by Gasteiger charge is 2.19. The molecule has 6 heteroatoms. The molecule has 1 unspecified atom stereocenters. The van der Waals surface area contributed by atoms with Crippen LogP contribution in [0, 0.1) is 13.8 Å². The lowest BCUT2D eigenvalue weighted by atomic mass is 10.0. The molecule has 3 rings (SSSR count). The van der Waals surface area contributed by atoms with Gasteiger partial charge in [0.2, 0.25) is 5.75 Å². The standard InChI is InChI=1S/C23H26N2O4/c1-13-7-8-19-17(9-13)10-18(15(3)24-19)23(26)25-14(2)16-11-20(27-4)22(29-6)21(12-16)28-5/h7-12,14H,1-6H3,(H,25,26). The van der Waals surface area contributed by atoms with Crippen molar-refractivity contribution >= 4 is 16.8 Å². The molecule has 1 heterocycles. The second-order valence-electron chi connectivity index (χ2n) is 6.97. The number of aromatic nitrogens is 1. The number of nitrogens with one attached hydrogen (secondary N) is 1. The Hall–Kier alpha value is -3.28. The van der Waals surface area contributed by atoms with E-state index in [1.54, 1.807) is 21.3 Å². The Labute approximate surface area is 170 Å². The van der Waals surface area contributed by atoms with Gasteiger partial charge in [-0.15, -0.1) is 0 Å². The Bertz CT molecular complexity index is 1040. The molecule has 6 nitrogen and oxygen atoms in total. The van der Waals surface area contributed by atoms with E-state index >= 15 is 0 Å². The van der Waals surface area contributed by atoms with Crippen LogP contribution in [0.2, 0.25) is 0 Å². The van der Waals surface area contributed by atoms with Gasteiger partial charge in [-0.25, -0.2) is 0 Å². The molecule has 1 N–H and O–H groups in total. The molecule has 0 aliphatic carbocycles. The van der Waals surface area contributed by atoms with Crippen molar-refractivity contribution < 1.29 is 19.0 Å². The fourth-order valence-corrected chi connectivity index (χ4v) is 3.33. The van der Waals surface area contributed by atoms with Crippen molar-refractivity contribution in [2.75, 3.05) is 21.3 Å². The van der Waals surface area contributed by atoms with E-state index in [4.69, 9.17) is 14.2 Å². The lowest BCUT2D eigenvalue weighted by Crippen LogP contribution is -2.27. The summed E-state index contributed by atoms with van der Waals surface area (Å²) in [5.74, 6) is 1.42. The molecule has 0 spiro atoms.